The SMILES string of the molecule is CCS(=O)CCNCc1cccc(C)c1O. The van der Waals surface area contributed by atoms with Crippen molar-refractivity contribution < 1.29 is 9.32 Å². The maximum absolute atomic E-state index is 11.2. The quantitative estimate of drug-likeness (QED) is 0.743. The lowest BCUT2D eigenvalue weighted by atomic mass is 10.1. The Kier molecular flexibility index (Phi) is 5.49. The van der Waals surface area contributed by atoms with E-state index < -0.39 is 10.8 Å². The first-order chi connectivity index (χ1) is 7.65. The number of hydrogen-bond acceptors (Lipinski definition) is 3. The van der Waals surface area contributed by atoms with E-state index in [1.54, 1.807) is 0 Å². The van der Waals surface area contributed by atoms with Gasteiger partial charge in [0.15, 0.2) is 0 Å². The molecule has 1 rings (SSSR count). The van der Waals surface area contributed by atoms with Gasteiger partial charge < -0.3 is 10.4 Å². The van der Waals surface area contributed by atoms with Crippen molar-refractivity contribution in [2.24, 2.45) is 0 Å². The zero-order valence-corrected chi connectivity index (χ0v) is 10.6. The lowest BCUT2D eigenvalue weighted by molar-refractivity contribution is 0.461. The Bertz CT molecular complexity index is 366. The Balaban J connectivity index is 2.38. The van der Waals surface area contributed by atoms with Crippen LogP contribution in [0.2, 0.25) is 0 Å². The smallest absolute Gasteiger partial charge is 0.122 e. The molecule has 0 bridgehead atoms. The summed E-state index contributed by atoms with van der Waals surface area (Å²) in [5, 5.41) is 12.9. The Morgan fingerprint density at radius 2 is 2.19 bits per heavy atom. The van der Waals surface area contributed by atoms with Crippen LogP contribution in [0, 0.1) is 6.92 Å². The number of benzene rings is 1. The van der Waals surface area contributed by atoms with E-state index >= 15 is 0 Å². The van der Waals surface area contributed by atoms with E-state index in [2.05, 4.69) is 5.32 Å². The van der Waals surface area contributed by atoms with Crippen LogP contribution in [0.25, 0.3) is 0 Å². The summed E-state index contributed by atoms with van der Waals surface area (Å²) in [4.78, 5) is 0. The highest BCUT2D eigenvalue weighted by atomic mass is 32.2. The van der Waals surface area contributed by atoms with Gasteiger partial charge in [-0.05, 0) is 12.5 Å². The van der Waals surface area contributed by atoms with E-state index in [1.807, 2.05) is 32.0 Å². The van der Waals surface area contributed by atoms with E-state index in [0.29, 0.717) is 30.3 Å². The van der Waals surface area contributed by atoms with Crippen molar-refractivity contribution in [2.75, 3.05) is 18.1 Å². The van der Waals surface area contributed by atoms with Crippen LogP contribution in [0.1, 0.15) is 18.1 Å². The molecule has 0 aliphatic carbocycles. The molecule has 0 radical (unpaired) electrons. The summed E-state index contributed by atoms with van der Waals surface area (Å²) >= 11 is 0. The molecular formula is C12H19NO2S. The predicted octanol–water partition coefficient (Wildman–Crippen LogP) is 1.56. The van der Waals surface area contributed by atoms with Gasteiger partial charge in [-0.25, -0.2) is 0 Å². The number of nitrogens with one attached hydrogen (secondary N) is 1. The van der Waals surface area contributed by atoms with Crippen molar-refractivity contribution in [1.29, 1.82) is 0 Å². The topological polar surface area (TPSA) is 49.3 Å². The van der Waals surface area contributed by atoms with Gasteiger partial charge in [0.05, 0.1) is 0 Å². The Morgan fingerprint density at radius 1 is 1.44 bits per heavy atom. The third kappa shape index (κ3) is 3.94. The van der Waals surface area contributed by atoms with Gasteiger partial charge in [-0.15, -0.1) is 0 Å². The van der Waals surface area contributed by atoms with Crippen molar-refractivity contribution in [3.05, 3.63) is 29.3 Å². The van der Waals surface area contributed by atoms with Gasteiger partial charge in [0, 0.05) is 41.0 Å². The van der Waals surface area contributed by atoms with Gasteiger partial charge in [0.1, 0.15) is 5.75 Å². The molecule has 0 saturated carbocycles. The highest BCUT2D eigenvalue weighted by molar-refractivity contribution is 7.84. The minimum atomic E-state index is -0.720. The van der Waals surface area contributed by atoms with Crippen LogP contribution in [0.4, 0.5) is 0 Å². The predicted molar refractivity (Wildman–Crippen MR) is 68.1 cm³/mol. The molecule has 90 valence electrons. The van der Waals surface area contributed by atoms with Crippen LogP contribution in [-0.2, 0) is 17.3 Å². The first-order valence-corrected chi connectivity index (χ1v) is 6.97. The molecule has 0 aliphatic rings. The zero-order valence-electron chi connectivity index (χ0n) is 9.82. The molecule has 0 spiro atoms. The van der Waals surface area contributed by atoms with Crippen LogP contribution in [-0.4, -0.2) is 27.4 Å². The van der Waals surface area contributed by atoms with Gasteiger partial charge in [-0.3, -0.25) is 4.21 Å². The van der Waals surface area contributed by atoms with Gasteiger partial charge >= 0.3 is 0 Å². The standard InChI is InChI=1S/C12H19NO2S/c1-3-16(15)8-7-13-9-11-6-4-5-10(2)12(11)14/h4-6,13-14H,3,7-9H2,1-2H3. The van der Waals surface area contributed by atoms with Crippen molar-refractivity contribution in [2.45, 2.75) is 20.4 Å². The molecule has 0 amide bonds. The second-order valence-electron chi connectivity index (χ2n) is 3.69. The second-order valence-corrected chi connectivity index (χ2v) is 5.56. The molecule has 0 saturated heterocycles. The van der Waals surface area contributed by atoms with Gasteiger partial charge in [-0.2, -0.15) is 0 Å². The average Bonchev–Trinajstić information content (AvgIpc) is 2.29. The number of phenolic OH excluding ortho intramolecular Hbond substituents is 1. The fraction of sp³-hybridized carbons (Fsp3) is 0.500. The van der Waals surface area contributed by atoms with Crippen LogP contribution in [0.3, 0.4) is 0 Å². The molecule has 1 aromatic rings. The molecule has 1 unspecified atom stereocenters. The molecule has 0 heterocycles. The summed E-state index contributed by atoms with van der Waals surface area (Å²) in [6.07, 6.45) is 0. The van der Waals surface area contributed by atoms with E-state index in [-0.39, 0.29) is 0 Å². The van der Waals surface area contributed by atoms with Crippen molar-refractivity contribution in [3.63, 3.8) is 0 Å². The van der Waals surface area contributed by atoms with E-state index in [4.69, 9.17) is 0 Å². The second kappa shape index (κ2) is 6.66. The largest absolute Gasteiger partial charge is 0.507 e. The number of para-hydroxylation sites is 1. The fourth-order valence-electron chi connectivity index (χ4n) is 1.42. The molecule has 0 aliphatic heterocycles. The van der Waals surface area contributed by atoms with Gasteiger partial charge in [-0.1, -0.05) is 25.1 Å². The van der Waals surface area contributed by atoms with Crippen LogP contribution < -0.4 is 5.32 Å². The third-order valence-electron chi connectivity index (χ3n) is 2.47. The van der Waals surface area contributed by atoms with Crippen LogP contribution >= 0.6 is 0 Å². The first kappa shape index (κ1) is 13.2. The third-order valence-corrected chi connectivity index (χ3v) is 3.77. The summed E-state index contributed by atoms with van der Waals surface area (Å²) in [6.45, 7) is 5.13. The molecular weight excluding hydrogens is 222 g/mol. The lowest BCUT2D eigenvalue weighted by Crippen LogP contribution is -2.20. The summed E-state index contributed by atoms with van der Waals surface area (Å²) in [5.41, 5.74) is 1.78. The molecule has 1 aromatic carbocycles. The fourth-order valence-corrected chi connectivity index (χ4v) is 2.08. The molecule has 3 nitrogen and oxygen atoms in total. The van der Waals surface area contributed by atoms with E-state index in [1.165, 1.54) is 0 Å². The van der Waals surface area contributed by atoms with Crippen molar-refractivity contribution >= 4 is 10.8 Å². The number of rotatable bonds is 6. The number of aromatic hydroxyl groups is 1. The molecule has 0 aromatic heterocycles. The maximum atomic E-state index is 11.2. The monoisotopic (exact) mass is 241 g/mol. The number of hydrogen-bond donors (Lipinski definition) is 2. The molecule has 2 N–H and O–H groups in total. The Labute approximate surface area is 99.3 Å². The van der Waals surface area contributed by atoms with Crippen molar-refractivity contribution in [3.8, 4) is 5.75 Å². The molecule has 0 fully saturated rings. The van der Waals surface area contributed by atoms with Gasteiger partial charge in [0.25, 0.3) is 0 Å². The van der Waals surface area contributed by atoms with Gasteiger partial charge in [0.2, 0.25) is 0 Å². The van der Waals surface area contributed by atoms with Crippen LogP contribution in [0.15, 0.2) is 18.2 Å². The highest BCUT2D eigenvalue weighted by Gasteiger charge is 2.03. The average molecular weight is 241 g/mol. The number of aryl methyl sites for hydroxylation is 1. The minimum Gasteiger partial charge on any atom is -0.507 e. The van der Waals surface area contributed by atoms with E-state index in [9.17, 15) is 9.32 Å². The maximum Gasteiger partial charge on any atom is 0.122 e. The Hall–Kier alpha value is -0.870. The van der Waals surface area contributed by atoms with Crippen LogP contribution in [0.5, 0.6) is 5.75 Å². The lowest BCUT2D eigenvalue weighted by Gasteiger charge is -2.08. The summed E-state index contributed by atoms with van der Waals surface area (Å²) in [5.74, 6) is 1.73. The first-order valence-electron chi connectivity index (χ1n) is 5.48. The minimum absolute atomic E-state index is 0.353. The van der Waals surface area contributed by atoms with E-state index in [0.717, 1.165) is 11.1 Å². The highest BCUT2D eigenvalue weighted by Crippen LogP contribution is 2.20. The molecule has 1 atom stereocenters. The zero-order chi connectivity index (χ0) is 12.0. The summed E-state index contributed by atoms with van der Waals surface area (Å²) in [6, 6.07) is 5.70. The Morgan fingerprint density at radius 3 is 2.88 bits per heavy atom. The molecule has 4 heteroatoms. The normalized spacial score (nSPS) is 12.6. The number of phenols is 1. The van der Waals surface area contributed by atoms with Crippen molar-refractivity contribution in [1.82, 2.24) is 5.32 Å². The summed E-state index contributed by atoms with van der Waals surface area (Å²) < 4.78 is 11.2. The summed E-state index contributed by atoms with van der Waals surface area (Å²) in [7, 11) is -0.720. The molecule has 16 heavy (non-hydrogen) atoms.